The van der Waals surface area contributed by atoms with Crippen LogP contribution in [0.15, 0.2) is 24.3 Å². The van der Waals surface area contributed by atoms with Gasteiger partial charge in [-0.15, -0.1) is 11.8 Å². The van der Waals surface area contributed by atoms with E-state index < -0.39 is 0 Å². The lowest BCUT2D eigenvalue weighted by molar-refractivity contribution is -0.137. The van der Waals surface area contributed by atoms with Crippen molar-refractivity contribution < 1.29 is 14.4 Å². The van der Waals surface area contributed by atoms with Gasteiger partial charge in [0.25, 0.3) is 0 Å². The van der Waals surface area contributed by atoms with E-state index in [1.54, 1.807) is 18.2 Å². The molecular formula is C25H42N4O3S. The van der Waals surface area contributed by atoms with Crippen LogP contribution in [0, 0.1) is 0 Å². The average Bonchev–Trinajstić information content (AvgIpc) is 3.12. The predicted molar refractivity (Wildman–Crippen MR) is 137 cm³/mol. The monoisotopic (exact) mass is 478 g/mol. The number of likely N-dealkylation sites (N-methyl/N-ethyl adjacent to an activating group) is 1. The highest BCUT2D eigenvalue weighted by Crippen LogP contribution is 2.35. The minimum Gasteiger partial charge on any atom is -0.372 e. The number of hydrogen-bond acceptors (Lipinski definition) is 5. The second-order valence-electron chi connectivity index (χ2n) is 8.05. The number of primary amides is 1. The van der Waals surface area contributed by atoms with Crippen molar-refractivity contribution in [2.45, 2.75) is 83.2 Å². The molecule has 1 aromatic carbocycles. The zero-order valence-corrected chi connectivity index (χ0v) is 21.5. The molecular weight excluding hydrogens is 436 g/mol. The number of nitrogens with one attached hydrogen (secondary N) is 2. The first kappa shape index (κ1) is 29.0. The van der Waals surface area contributed by atoms with Gasteiger partial charge in [-0.1, -0.05) is 38.1 Å². The minimum absolute atomic E-state index is 0.0967. The van der Waals surface area contributed by atoms with E-state index in [0.717, 1.165) is 25.0 Å². The Kier molecular flexibility index (Phi) is 14.5. The number of carbonyl (C=O) groups excluding carboxylic acids is 3. The minimum atomic E-state index is -0.344. The lowest BCUT2D eigenvalue weighted by atomic mass is 9.92. The third-order valence-corrected chi connectivity index (χ3v) is 7.14. The van der Waals surface area contributed by atoms with E-state index in [1.165, 1.54) is 25.7 Å². The Morgan fingerprint density at radius 3 is 2.27 bits per heavy atom. The first-order valence-corrected chi connectivity index (χ1v) is 13.2. The van der Waals surface area contributed by atoms with Crippen molar-refractivity contribution in [1.29, 1.82) is 0 Å². The predicted octanol–water partition coefficient (Wildman–Crippen LogP) is 2.86. The van der Waals surface area contributed by atoms with Gasteiger partial charge in [-0.25, -0.2) is 0 Å². The van der Waals surface area contributed by atoms with Gasteiger partial charge in [0, 0.05) is 6.04 Å². The highest BCUT2D eigenvalue weighted by Gasteiger charge is 2.40. The van der Waals surface area contributed by atoms with Crippen LogP contribution in [0.3, 0.4) is 0 Å². The summed E-state index contributed by atoms with van der Waals surface area (Å²) in [7, 11) is 1.73. The van der Waals surface area contributed by atoms with Crippen molar-refractivity contribution in [1.82, 2.24) is 15.5 Å². The zero-order chi connectivity index (χ0) is 24.6. The maximum absolute atomic E-state index is 12.5. The number of benzene rings is 1. The van der Waals surface area contributed by atoms with Crippen LogP contribution >= 0.6 is 11.8 Å². The molecule has 0 saturated carbocycles. The molecule has 7 nitrogen and oxygen atoms in total. The number of aryl methyl sites for hydroxylation is 2. The Hall–Kier alpha value is -2.06. The van der Waals surface area contributed by atoms with Crippen LogP contribution in [0.2, 0.25) is 0 Å². The fourth-order valence-corrected chi connectivity index (χ4v) is 5.73. The highest BCUT2D eigenvalue weighted by molar-refractivity contribution is 7.99. The lowest BCUT2D eigenvalue weighted by Crippen LogP contribution is -2.51. The summed E-state index contributed by atoms with van der Waals surface area (Å²) in [6.07, 6.45) is 8.51. The number of amides is 3. The van der Waals surface area contributed by atoms with E-state index in [9.17, 15) is 9.59 Å². The third kappa shape index (κ3) is 9.37. The molecule has 2 fully saturated rings. The summed E-state index contributed by atoms with van der Waals surface area (Å²) in [4.78, 5) is 34.6. The number of thioether (sulfide) groups is 1. The van der Waals surface area contributed by atoms with E-state index in [1.807, 2.05) is 30.5 Å². The van der Waals surface area contributed by atoms with E-state index in [2.05, 4.69) is 47.6 Å². The van der Waals surface area contributed by atoms with Crippen LogP contribution < -0.4 is 16.4 Å². The first-order chi connectivity index (χ1) is 16.0. The number of carbonyl (C=O) groups is 3. The SMILES string of the molecule is CC.CNCC(=O)NC1CCSC2CCC(C)N2C1=O.NC=O.c1ccc2c(c1)CCCC2. The third-order valence-electron chi connectivity index (χ3n) is 5.82. The fourth-order valence-electron chi connectivity index (χ4n) is 4.31. The lowest BCUT2D eigenvalue weighted by Gasteiger charge is -2.28. The topological polar surface area (TPSA) is 105 Å². The van der Waals surface area contributed by atoms with Crippen molar-refractivity contribution in [3.8, 4) is 0 Å². The maximum Gasteiger partial charge on any atom is 0.246 e. The highest BCUT2D eigenvalue weighted by atomic mass is 32.2. The Morgan fingerprint density at radius 1 is 1.15 bits per heavy atom. The van der Waals surface area contributed by atoms with Gasteiger partial charge in [-0.05, 0) is 75.8 Å². The smallest absolute Gasteiger partial charge is 0.246 e. The molecule has 3 atom stereocenters. The van der Waals surface area contributed by atoms with Crippen LogP contribution in [-0.4, -0.2) is 59.9 Å². The Bertz CT molecular complexity index is 706. The van der Waals surface area contributed by atoms with Crippen LogP contribution in [0.4, 0.5) is 0 Å². The maximum atomic E-state index is 12.5. The summed E-state index contributed by atoms with van der Waals surface area (Å²) < 4.78 is 0. The standard InChI is InChI=1S/C12H21N3O2S.C10H12.C2H6.CH3NO/c1-8-3-4-11-15(8)12(17)9(5-6-18-11)14-10(16)7-13-2;1-2-6-10-8-4-3-7-9(10)5-1;1-2;2-1-3/h8-9,11,13H,3-7H2,1-2H3,(H,14,16);1-2,5-6H,3-4,7-8H2;1-2H3;1H,(H2,2,3). The summed E-state index contributed by atoms with van der Waals surface area (Å²) in [5, 5.41) is 5.96. The summed E-state index contributed by atoms with van der Waals surface area (Å²) in [6.45, 7) is 6.35. The molecule has 2 saturated heterocycles. The van der Waals surface area contributed by atoms with Crippen molar-refractivity contribution in [3.05, 3.63) is 35.4 Å². The average molecular weight is 479 g/mol. The molecule has 33 heavy (non-hydrogen) atoms. The van der Waals surface area contributed by atoms with Crippen molar-refractivity contribution in [3.63, 3.8) is 0 Å². The molecule has 0 aromatic heterocycles. The van der Waals surface area contributed by atoms with Gasteiger partial charge in [-0.3, -0.25) is 14.4 Å². The molecule has 186 valence electrons. The van der Waals surface area contributed by atoms with E-state index in [-0.39, 0.29) is 30.8 Å². The summed E-state index contributed by atoms with van der Waals surface area (Å²) in [5.74, 6) is 0.926. The molecule has 4 rings (SSSR count). The number of hydrogen-bond donors (Lipinski definition) is 3. The van der Waals surface area contributed by atoms with Gasteiger partial charge in [0.05, 0.1) is 11.9 Å². The molecule has 1 aromatic rings. The number of fused-ring (bicyclic) bond motifs is 2. The number of rotatable bonds is 3. The van der Waals surface area contributed by atoms with Gasteiger partial charge in [0.1, 0.15) is 6.04 Å². The quantitative estimate of drug-likeness (QED) is 0.580. The van der Waals surface area contributed by atoms with Gasteiger partial charge in [-0.2, -0.15) is 0 Å². The molecule has 3 unspecified atom stereocenters. The van der Waals surface area contributed by atoms with E-state index in [4.69, 9.17) is 4.79 Å². The van der Waals surface area contributed by atoms with Gasteiger partial charge in [0.15, 0.2) is 0 Å². The van der Waals surface area contributed by atoms with Crippen LogP contribution in [0.25, 0.3) is 0 Å². The van der Waals surface area contributed by atoms with Crippen LogP contribution in [-0.2, 0) is 27.2 Å². The normalized spacial score (nSPS) is 23.0. The molecule has 8 heteroatoms. The van der Waals surface area contributed by atoms with E-state index in [0.29, 0.717) is 11.4 Å². The van der Waals surface area contributed by atoms with Crippen molar-refractivity contribution in [2.24, 2.45) is 5.73 Å². The Morgan fingerprint density at radius 2 is 1.73 bits per heavy atom. The molecule has 0 spiro atoms. The first-order valence-electron chi connectivity index (χ1n) is 12.1. The van der Waals surface area contributed by atoms with Crippen molar-refractivity contribution >= 4 is 30.0 Å². The summed E-state index contributed by atoms with van der Waals surface area (Å²) in [6, 6.07) is 8.76. The molecule has 2 aliphatic heterocycles. The van der Waals surface area contributed by atoms with Crippen molar-refractivity contribution in [2.75, 3.05) is 19.3 Å². The van der Waals surface area contributed by atoms with Crippen LogP contribution in [0.5, 0.6) is 0 Å². The Balaban J connectivity index is 0.000000304. The summed E-state index contributed by atoms with van der Waals surface area (Å²) >= 11 is 1.84. The number of nitrogens with zero attached hydrogens (tertiary/aromatic N) is 1. The second-order valence-corrected chi connectivity index (χ2v) is 9.33. The van der Waals surface area contributed by atoms with Gasteiger partial charge < -0.3 is 21.3 Å². The fraction of sp³-hybridized carbons (Fsp3) is 0.640. The molecule has 0 bridgehead atoms. The molecule has 3 aliphatic rings. The molecule has 4 N–H and O–H groups in total. The van der Waals surface area contributed by atoms with Gasteiger partial charge in [0.2, 0.25) is 18.2 Å². The molecule has 2 heterocycles. The molecule has 3 amide bonds. The molecule has 1 aliphatic carbocycles. The Labute approximate surface area is 203 Å². The van der Waals surface area contributed by atoms with E-state index >= 15 is 0 Å². The second kappa shape index (κ2) is 16.5. The van der Waals surface area contributed by atoms with Gasteiger partial charge >= 0.3 is 0 Å². The number of nitrogens with two attached hydrogens (primary N) is 1. The largest absolute Gasteiger partial charge is 0.372 e. The zero-order valence-electron chi connectivity index (χ0n) is 20.6. The molecule has 0 radical (unpaired) electrons. The van der Waals surface area contributed by atoms with Crippen LogP contribution in [0.1, 0.15) is 64.0 Å². The summed E-state index contributed by atoms with van der Waals surface area (Å²) in [5.41, 5.74) is 7.32.